The minimum Gasteiger partial charge on any atom is -0.497 e. The van der Waals surface area contributed by atoms with Crippen molar-refractivity contribution in [3.05, 3.63) is 42.0 Å². The molecular formula is C14H18N2O3. The zero-order valence-corrected chi connectivity index (χ0v) is 11.2. The van der Waals surface area contributed by atoms with Crippen molar-refractivity contribution in [1.82, 2.24) is 9.55 Å². The first kappa shape index (κ1) is 13.4. The van der Waals surface area contributed by atoms with Gasteiger partial charge in [-0.1, -0.05) is 0 Å². The van der Waals surface area contributed by atoms with E-state index in [1.807, 2.05) is 10.8 Å². The second-order valence-electron chi connectivity index (χ2n) is 4.05. The largest absolute Gasteiger partial charge is 0.497 e. The van der Waals surface area contributed by atoms with E-state index in [0.717, 1.165) is 17.9 Å². The number of benzene rings is 1. The minimum atomic E-state index is -0.0679. The number of hydrogen-bond donors (Lipinski definition) is 1. The van der Waals surface area contributed by atoms with Crippen molar-refractivity contribution in [2.75, 3.05) is 7.11 Å². The zero-order chi connectivity index (χ0) is 13.7. The SMILES string of the molecule is CCn1ccnc1COc1cc(OC)ccc1CO. The third-order valence-electron chi connectivity index (χ3n) is 2.94. The zero-order valence-electron chi connectivity index (χ0n) is 11.2. The molecule has 0 atom stereocenters. The van der Waals surface area contributed by atoms with Crippen LogP contribution >= 0.6 is 0 Å². The Bertz CT molecular complexity index is 537. The Morgan fingerprint density at radius 2 is 2.21 bits per heavy atom. The average Bonchev–Trinajstić information content (AvgIpc) is 2.92. The lowest BCUT2D eigenvalue weighted by molar-refractivity contribution is 0.252. The predicted molar refractivity (Wildman–Crippen MR) is 71.1 cm³/mol. The Labute approximate surface area is 112 Å². The number of aryl methyl sites for hydroxylation is 1. The van der Waals surface area contributed by atoms with Crippen LogP contribution in [0.25, 0.3) is 0 Å². The van der Waals surface area contributed by atoms with Crippen LogP contribution in [-0.4, -0.2) is 21.8 Å². The van der Waals surface area contributed by atoms with E-state index < -0.39 is 0 Å². The highest BCUT2D eigenvalue weighted by atomic mass is 16.5. The van der Waals surface area contributed by atoms with Crippen LogP contribution < -0.4 is 9.47 Å². The van der Waals surface area contributed by atoms with Gasteiger partial charge in [0.25, 0.3) is 0 Å². The number of rotatable bonds is 6. The standard InChI is InChI=1S/C14H18N2O3/c1-3-16-7-6-15-14(16)10-19-13-8-12(18-2)5-4-11(13)9-17/h4-8,17H,3,9-10H2,1-2H3. The summed E-state index contributed by atoms with van der Waals surface area (Å²) in [5.41, 5.74) is 0.732. The molecule has 1 N–H and O–H groups in total. The monoisotopic (exact) mass is 262 g/mol. The molecular weight excluding hydrogens is 244 g/mol. The van der Waals surface area contributed by atoms with Crippen molar-refractivity contribution in [2.45, 2.75) is 26.7 Å². The highest BCUT2D eigenvalue weighted by Gasteiger charge is 2.07. The van der Waals surface area contributed by atoms with E-state index in [1.54, 1.807) is 31.5 Å². The Morgan fingerprint density at radius 1 is 1.37 bits per heavy atom. The summed E-state index contributed by atoms with van der Waals surface area (Å²) in [6, 6.07) is 5.36. The molecule has 5 heteroatoms. The molecule has 0 bridgehead atoms. The first-order valence-corrected chi connectivity index (χ1v) is 6.19. The van der Waals surface area contributed by atoms with Crippen molar-refractivity contribution in [1.29, 1.82) is 0 Å². The molecule has 102 valence electrons. The van der Waals surface area contributed by atoms with Crippen LogP contribution in [0.4, 0.5) is 0 Å². The molecule has 1 heterocycles. The van der Waals surface area contributed by atoms with Crippen molar-refractivity contribution in [3.63, 3.8) is 0 Å². The van der Waals surface area contributed by atoms with Crippen molar-refractivity contribution in [3.8, 4) is 11.5 Å². The molecule has 2 rings (SSSR count). The molecule has 0 saturated carbocycles. The van der Waals surface area contributed by atoms with Gasteiger partial charge in [0, 0.05) is 30.6 Å². The van der Waals surface area contributed by atoms with Crippen molar-refractivity contribution in [2.24, 2.45) is 0 Å². The summed E-state index contributed by atoms with van der Waals surface area (Å²) in [7, 11) is 1.60. The Kier molecular flexibility index (Phi) is 4.41. The average molecular weight is 262 g/mol. The highest BCUT2D eigenvalue weighted by molar-refractivity contribution is 5.40. The van der Waals surface area contributed by atoms with Gasteiger partial charge in [0.1, 0.15) is 23.9 Å². The summed E-state index contributed by atoms with van der Waals surface area (Å²) < 4.78 is 12.9. The van der Waals surface area contributed by atoms with Crippen LogP contribution in [0.2, 0.25) is 0 Å². The third-order valence-corrected chi connectivity index (χ3v) is 2.94. The van der Waals surface area contributed by atoms with Gasteiger partial charge in [0.2, 0.25) is 0 Å². The smallest absolute Gasteiger partial charge is 0.146 e. The molecule has 1 aromatic heterocycles. The Balaban J connectivity index is 2.14. The van der Waals surface area contributed by atoms with Gasteiger partial charge in [-0.2, -0.15) is 0 Å². The highest BCUT2D eigenvalue weighted by Crippen LogP contribution is 2.25. The van der Waals surface area contributed by atoms with Crippen LogP contribution in [-0.2, 0) is 19.8 Å². The summed E-state index contributed by atoms with van der Waals surface area (Å²) in [5.74, 6) is 2.17. The first-order chi connectivity index (χ1) is 9.28. The quantitative estimate of drug-likeness (QED) is 0.865. The number of hydrogen-bond acceptors (Lipinski definition) is 4. The van der Waals surface area contributed by atoms with Crippen LogP contribution in [0.5, 0.6) is 11.5 Å². The lowest BCUT2D eigenvalue weighted by Gasteiger charge is -2.12. The lowest BCUT2D eigenvalue weighted by Crippen LogP contribution is -2.06. The van der Waals surface area contributed by atoms with E-state index in [-0.39, 0.29) is 6.61 Å². The number of aliphatic hydroxyl groups is 1. The molecule has 2 aromatic rings. The summed E-state index contributed by atoms with van der Waals surface area (Å²) in [4.78, 5) is 4.24. The van der Waals surface area contributed by atoms with Crippen LogP contribution in [0, 0.1) is 0 Å². The van der Waals surface area contributed by atoms with Gasteiger partial charge < -0.3 is 19.1 Å². The van der Waals surface area contributed by atoms with Gasteiger partial charge in [-0.05, 0) is 19.1 Å². The van der Waals surface area contributed by atoms with E-state index in [1.165, 1.54) is 0 Å². The van der Waals surface area contributed by atoms with Crippen LogP contribution in [0.1, 0.15) is 18.3 Å². The topological polar surface area (TPSA) is 56.5 Å². The van der Waals surface area contributed by atoms with Crippen molar-refractivity contribution >= 4 is 0 Å². The number of ether oxygens (including phenoxy) is 2. The maximum absolute atomic E-state index is 9.30. The molecule has 0 unspecified atom stereocenters. The summed E-state index contributed by atoms with van der Waals surface area (Å²) in [6.07, 6.45) is 3.66. The predicted octanol–water partition coefficient (Wildman–Crippen LogP) is 1.98. The summed E-state index contributed by atoms with van der Waals surface area (Å²) in [5, 5.41) is 9.30. The summed E-state index contributed by atoms with van der Waals surface area (Å²) >= 11 is 0. The maximum atomic E-state index is 9.30. The Morgan fingerprint density at radius 3 is 2.89 bits per heavy atom. The van der Waals surface area contributed by atoms with Gasteiger partial charge in [0.05, 0.1) is 13.7 Å². The third kappa shape index (κ3) is 3.06. The number of aliphatic hydroxyl groups excluding tert-OH is 1. The lowest BCUT2D eigenvalue weighted by atomic mass is 10.2. The number of nitrogens with zero attached hydrogens (tertiary/aromatic N) is 2. The van der Waals surface area contributed by atoms with E-state index in [4.69, 9.17) is 9.47 Å². The fraction of sp³-hybridized carbons (Fsp3) is 0.357. The van der Waals surface area contributed by atoms with E-state index in [9.17, 15) is 5.11 Å². The second kappa shape index (κ2) is 6.24. The minimum absolute atomic E-state index is 0.0679. The van der Waals surface area contributed by atoms with Crippen LogP contribution in [0.3, 0.4) is 0 Å². The van der Waals surface area contributed by atoms with Gasteiger partial charge in [-0.25, -0.2) is 4.98 Å². The van der Waals surface area contributed by atoms with Crippen LogP contribution in [0.15, 0.2) is 30.6 Å². The fourth-order valence-corrected chi connectivity index (χ4v) is 1.84. The Hall–Kier alpha value is -2.01. The van der Waals surface area contributed by atoms with Gasteiger partial charge in [0.15, 0.2) is 0 Å². The molecule has 1 aromatic carbocycles. The first-order valence-electron chi connectivity index (χ1n) is 6.19. The molecule has 19 heavy (non-hydrogen) atoms. The maximum Gasteiger partial charge on any atom is 0.146 e. The number of imidazole rings is 1. The normalized spacial score (nSPS) is 10.5. The molecule has 0 spiro atoms. The van der Waals surface area contributed by atoms with Crippen molar-refractivity contribution < 1.29 is 14.6 Å². The van der Waals surface area contributed by atoms with Gasteiger partial charge in [-0.3, -0.25) is 0 Å². The molecule has 0 aliphatic heterocycles. The van der Waals surface area contributed by atoms with E-state index in [2.05, 4.69) is 11.9 Å². The van der Waals surface area contributed by atoms with E-state index >= 15 is 0 Å². The van der Waals surface area contributed by atoms with Gasteiger partial charge >= 0.3 is 0 Å². The van der Waals surface area contributed by atoms with Gasteiger partial charge in [-0.15, -0.1) is 0 Å². The molecule has 0 saturated heterocycles. The molecule has 5 nitrogen and oxygen atoms in total. The summed E-state index contributed by atoms with van der Waals surface area (Å²) in [6.45, 7) is 3.20. The molecule has 0 amide bonds. The number of methoxy groups -OCH3 is 1. The van der Waals surface area contributed by atoms with E-state index in [0.29, 0.717) is 18.1 Å². The number of aromatic nitrogens is 2. The molecule has 0 aliphatic carbocycles. The molecule has 0 fully saturated rings. The molecule has 0 radical (unpaired) electrons. The molecule has 0 aliphatic rings. The second-order valence-corrected chi connectivity index (χ2v) is 4.05. The fourth-order valence-electron chi connectivity index (χ4n) is 1.84.